The van der Waals surface area contributed by atoms with Crippen molar-refractivity contribution < 1.29 is 26.9 Å². The van der Waals surface area contributed by atoms with Gasteiger partial charge in [-0.15, -0.1) is 0 Å². The summed E-state index contributed by atoms with van der Waals surface area (Å²) in [7, 11) is 1.09. The Morgan fingerprint density at radius 1 is 1.19 bits per heavy atom. The first-order chi connectivity index (χ1) is 22.1. The van der Waals surface area contributed by atoms with E-state index < -0.39 is 47.3 Å². The molecule has 13 nitrogen and oxygen atoms in total. The summed E-state index contributed by atoms with van der Waals surface area (Å²) in [5.41, 5.74) is -0.447. The van der Waals surface area contributed by atoms with Gasteiger partial charge in [0.1, 0.15) is 5.82 Å². The van der Waals surface area contributed by atoms with E-state index in [1.807, 2.05) is 21.0 Å². The lowest BCUT2D eigenvalue weighted by Gasteiger charge is -2.26. The number of rotatable bonds is 11. The minimum absolute atomic E-state index is 0.0357. The molecule has 0 bridgehead atoms. The Morgan fingerprint density at radius 3 is 2.53 bits per heavy atom. The summed E-state index contributed by atoms with van der Waals surface area (Å²) in [4.78, 5) is 23.5. The van der Waals surface area contributed by atoms with Gasteiger partial charge in [-0.25, -0.2) is 22.8 Å². The minimum Gasteiger partial charge on any atom is -0.490 e. The molecule has 5 rings (SSSR count). The number of anilines is 3. The summed E-state index contributed by atoms with van der Waals surface area (Å²) in [6.45, 7) is 5.65. The summed E-state index contributed by atoms with van der Waals surface area (Å²) >= 11 is 0.886. The van der Waals surface area contributed by atoms with E-state index in [9.17, 15) is 18.5 Å². The van der Waals surface area contributed by atoms with E-state index in [0.29, 0.717) is 36.3 Å². The fraction of sp³-hybridized carbons (Fsp3) is 0.367. The van der Waals surface area contributed by atoms with Gasteiger partial charge >= 0.3 is 5.69 Å². The van der Waals surface area contributed by atoms with Crippen LogP contribution in [0.3, 0.4) is 0 Å². The van der Waals surface area contributed by atoms with E-state index in [0.717, 1.165) is 42.1 Å². The maximum atomic E-state index is 15.7. The van der Waals surface area contributed by atoms with Gasteiger partial charge in [-0.2, -0.15) is 9.49 Å². The van der Waals surface area contributed by atoms with Crippen molar-refractivity contribution in [3.63, 3.8) is 0 Å². The highest BCUT2D eigenvalue weighted by molar-refractivity contribution is 7.99. The Labute approximate surface area is 274 Å². The standard InChI is InChI=1S/C30H34F2N8O5S2/c1-17-14-24(37-36-17)33-27-26(45-6)28(39-13-12-18(16-39)38(4)5)35-29(34-27)46-23-11-10-19(15-21(23)31)47(43,44)30(2,3)20-8-7-9-22(25(20)32)40(41)42/h7-11,14-15,18H,12-13,16H2,1-6H3,(H2,33,34,35,36,37). The number of likely N-dealkylation sites (N-methyl/N-ethyl adjacent to an activating group) is 1. The van der Waals surface area contributed by atoms with Gasteiger partial charge < -0.3 is 19.9 Å². The number of benzene rings is 2. The van der Waals surface area contributed by atoms with Gasteiger partial charge in [0, 0.05) is 42.5 Å². The van der Waals surface area contributed by atoms with Gasteiger partial charge in [-0.05, 0) is 71.2 Å². The second-order valence-corrected chi connectivity index (χ2v) is 15.2. The van der Waals surface area contributed by atoms with E-state index in [1.54, 1.807) is 6.07 Å². The smallest absolute Gasteiger partial charge is 0.305 e. The zero-order valence-electron chi connectivity index (χ0n) is 26.5. The number of hydrogen-bond acceptors (Lipinski definition) is 12. The lowest BCUT2D eigenvalue weighted by molar-refractivity contribution is -0.387. The van der Waals surface area contributed by atoms with Gasteiger partial charge in [-0.3, -0.25) is 15.2 Å². The average molecular weight is 689 g/mol. The van der Waals surface area contributed by atoms with Crippen LogP contribution in [0.1, 0.15) is 31.5 Å². The highest BCUT2D eigenvalue weighted by Gasteiger charge is 2.41. The van der Waals surface area contributed by atoms with Crippen LogP contribution >= 0.6 is 11.8 Å². The Morgan fingerprint density at radius 2 is 1.94 bits per heavy atom. The number of nitro benzene ring substituents is 1. The van der Waals surface area contributed by atoms with Gasteiger partial charge in [0.2, 0.25) is 11.6 Å². The van der Waals surface area contributed by atoms with Gasteiger partial charge in [0.15, 0.2) is 32.4 Å². The maximum absolute atomic E-state index is 15.7. The summed E-state index contributed by atoms with van der Waals surface area (Å²) in [5.74, 6) is -0.469. The summed E-state index contributed by atoms with van der Waals surface area (Å²) in [6, 6.07) is 8.70. The van der Waals surface area contributed by atoms with Gasteiger partial charge in [-0.1, -0.05) is 12.1 Å². The maximum Gasteiger partial charge on any atom is 0.305 e. The molecule has 0 saturated carbocycles. The lowest BCUT2D eigenvalue weighted by atomic mass is 10.0. The third-order valence-electron chi connectivity index (χ3n) is 8.09. The second-order valence-electron chi connectivity index (χ2n) is 11.7. The zero-order valence-corrected chi connectivity index (χ0v) is 28.2. The fourth-order valence-corrected chi connectivity index (χ4v) is 7.61. The molecular weight excluding hydrogens is 655 g/mol. The molecule has 250 valence electrons. The monoisotopic (exact) mass is 688 g/mol. The number of hydrogen-bond donors (Lipinski definition) is 2. The first-order valence-electron chi connectivity index (χ1n) is 14.5. The van der Waals surface area contributed by atoms with Crippen LogP contribution in [0.4, 0.5) is 31.9 Å². The number of ether oxygens (including phenoxy) is 1. The fourth-order valence-electron chi connectivity index (χ4n) is 5.31. The van der Waals surface area contributed by atoms with Crippen molar-refractivity contribution >= 4 is 44.7 Å². The first kappa shape index (κ1) is 34.0. The summed E-state index contributed by atoms with van der Waals surface area (Å²) in [6.07, 6.45) is 0.894. The van der Waals surface area contributed by atoms with Crippen molar-refractivity contribution in [2.45, 2.75) is 52.9 Å². The van der Waals surface area contributed by atoms with Crippen molar-refractivity contribution in [1.82, 2.24) is 25.1 Å². The molecule has 17 heteroatoms. The lowest BCUT2D eigenvalue weighted by Crippen LogP contribution is -2.32. The highest BCUT2D eigenvalue weighted by Crippen LogP contribution is 2.42. The molecule has 1 unspecified atom stereocenters. The van der Waals surface area contributed by atoms with Crippen LogP contribution in [0, 0.1) is 28.7 Å². The Balaban J connectivity index is 1.50. The number of nitro groups is 1. The molecule has 0 aliphatic carbocycles. The number of nitrogens with one attached hydrogen (secondary N) is 2. The largest absolute Gasteiger partial charge is 0.490 e. The van der Waals surface area contributed by atoms with Crippen molar-refractivity contribution in [2.75, 3.05) is 44.5 Å². The molecule has 3 heterocycles. The number of H-pyrrole nitrogens is 1. The van der Waals surface area contributed by atoms with Crippen LogP contribution in [0.5, 0.6) is 5.75 Å². The normalized spacial score (nSPS) is 15.3. The Bertz CT molecular complexity index is 1940. The molecule has 2 N–H and O–H groups in total. The number of aromatic amines is 1. The van der Waals surface area contributed by atoms with Crippen molar-refractivity contribution in [2.24, 2.45) is 0 Å². The SMILES string of the molecule is COc1c(Nc2cc(C)[nH]n2)nc(Sc2ccc(S(=O)(=O)C(C)(C)c3cccc([N+](=O)[O-])c3F)cc2F)nc1N1CCC(N(C)C)C1. The van der Waals surface area contributed by atoms with E-state index in [-0.39, 0.29) is 16.1 Å². The molecule has 0 spiro atoms. The van der Waals surface area contributed by atoms with Crippen molar-refractivity contribution in [3.05, 3.63) is 75.5 Å². The van der Waals surface area contributed by atoms with E-state index in [1.165, 1.54) is 39.2 Å². The number of halogens is 2. The van der Waals surface area contributed by atoms with Crippen molar-refractivity contribution in [1.29, 1.82) is 0 Å². The van der Waals surface area contributed by atoms with Crippen molar-refractivity contribution in [3.8, 4) is 5.75 Å². The topological polar surface area (TPSA) is 159 Å². The van der Waals surface area contributed by atoms with Crippen LogP contribution in [-0.2, 0) is 14.6 Å². The highest BCUT2D eigenvalue weighted by atomic mass is 32.2. The van der Waals surface area contributed by atoms with E-state index in [2.05, 4.69) is 30.3 Å². The first-order valence-corrected chi connectivity index (χ1v) is 16.8. The van der Waals surface area contributed by atoms with Crippen LogP contribution in [0.15, 0.2) is 57.4 Å². The average Bonchev–Trinajstić information content (AvgIpc) is 3.67. The molecule has 0 radical (unpaired) electrons. The number of aryl methyl sites for hydroxylation is 1. The molecule has 1 fully saturated rings. The molecule has 1 atom stereocenters. The molecule has 0 amide bonds. The third-order valence-corrected chi connectivity index (χ3v) is 11.4. The summed E-state index contributed by atoms with van der Waals surface area (Å²) in [5, 5.41) is 21.7. The Hall–Kier alpha value is -4.35. The molecule has 47 heavy (non-hydrogen) atoms. The van der Waals surface area contributed by atoms with Crippen LogP contribution in [0.25, 0.3) is 0 Å². The zero-order chi connectivity index (χ0) is 34.3. The quantitative estimate of drug-likeness (QED) is 0.117. The van der Waals surface area contributed by atoms with Crippen LogP contribution in [0.2, 0.25) is 0 Å². The number of aromatic nitrogens is 4. The third kappa shape index (κ3) is 6.59. The molecule has 1 aliphatic heterocycles. The molecule has 1 aliphatic rings. The molecule has 2 aromatic carbocycles. The predicted octanol–water partition coefficient (Wildman–Crippen LogP) is 5.45. The Kier molecular flexibility index (Phi) is 9.43. The van der Waals surface area contributed by atoms with E-state index >= 15 is 8.78 Å². The predicted molar refractivity (Wildman–Crippen MR) is 173 cm³/mol. The molecule has 2 aromatic heterocycles. The van der Waals surface area contributed by atoms with Crippen LogP contribution < -0.4 is 15.0 Å². The summed E-state index contributed by atoms with van der Waals surface area (Å²) < 4.78 is 61.9. The van der Waals surface area contributed by atoms with Gasteiger partial charge in [0.05, 0.1) is 26.6 Å². The molecule has 1 saturated heterocycles. The minimum atomic E-state index is -4.44. The molecular formula is C30H34F2N8O5S2. The number of nitrogens with zero attached hydrogens (tertiary/aromatic N) is 6. The van der Waals surface area contributed by atoms with Crippen LogP contribution in [-0.4, -0.2) is 78.7 Å². The molecule has 4 aromatic rings. The van der Waals surface area contributed by atoms with E-state index in [4.69, 9.17) is 9.72 Å². The number of methoxy groups -OCH3 is 1. The number of sulfone groups is 1. The van der Waals surface area contributed by atoms with Gasteiger partial charge in [0.25, 0.3) is 0 Å². The second kappa shape index (κ2) is 13.0.